The van der Waals surface area contributed by atoms with Gasteiger partial charge in [0.25, 0.3) is 0 Å². The van der Waals surface area contributed by atoms with Crippen LogP contribution in [0.3, 0.4) is 0 Å². The van der Waals surface area contributed by atoms with Crippen LogP contribution in [-0.4, -0.2) is 11.8 Å². The van der Waals surface area contributed by atoms with Crippen molar-refractivity contribution in [3.05, 3.63) is 23.8 Å². The van der Waals surface area contributed by atoms with Crippen molar-refractivity contribution in [1.29, 1.82) is 5.26 Å². The molecule has 0 aliphatic rings. The summed E-state index contributed by atoms with van der Waals surface area (Å²) in [5.74, 6) is -0.451. The van der Waals surface area contributed by atoms with Crippen LogP contribution in [0.5, 0.6) is 0 Å². The molecule has 0 atom stereocenters. The summed E-state index contributed by atoms with van der Waals surface area (Å²) in [7, 11) is 0. The molecule has 0 aromatic heterocycles. The molecule has 0 saturated heterocycles. The Morgan fingerprint density at radius 2 is 2.00 bits per heavy atom. The summed E-state index contributed by atoms with van der Waals surface area (Å²) in [6.45, 7) is 3.63. The lowest BCUT2D eigenvalue weighted by Gasteiger charge is -2.10. The fourth-order valence-electron chi connectivity index (χ4n) is 1.35. The monoisotopic (exact) mass is 245 g/mol. The quantitative estimate of drug-likeness (QED) is 0.853. The van der Waals surface area contributed by atoms with E-state index in [2.05, 4.69) is 10.6 Å². The second-order valence-electron chi connectivity index (χ2n) is 3.81. The van der Waals surface area contributed by atoms with Crippen molar-refractivity contribution in [1.82, 2.24) is 0 Å². The number of nitriles is 1. The molecule has 18 heavy (non-hydrogen) atoms. The van der Waals surface area contributed by atoms with E-state index in [4.69, 9.17) is 5.26 Å². The van der Waals surface area contributed by atoms with Gasteiger partial charge in [0.2, 0.25) is 11.8 Å². The lowest BCUT2D eigenvalue weighted by molar-refractivity contribution is -0.116. The number of carbonyl (C=O) groups excluding carboxylic acids is 2. The van der Waals surface area contributed by atoms with Crippen molar-refractivity contribution in [2.24, 2.45) is 0 Å². The first-order chi connectivity index (χ1) is 8.56. The molecule has 0 bridgehead atoms. The van der Waals surface area contributed by atoms with E-state index in [0.29, 0.717) is 17.8 Å². The fraction of sp³-hybridized carbons (Fsp3) is 0.308. The highest BCUT2D eigenvalue weighted by Gasteiger charge is 2.06. The largest absolute Gasteiger partial charge is 0.326 e. The Balaban J connectivity index is 2.84. The lowest BCUT2D eigenvalue weighted by Crippen LogP contribution is -2.13. The van der Waals surface area contributed by atoms with Crippen LogP contribution in [0.15, 0.2) is 18.2 Å². The molecule has 0 radical (unpaired) electrons. The first-order valence-electron chi connectivity index (χ1n) is 5.64. The van der Waals surface area contributed by atoms with Gasteiger partial charge in [-0.25, -0.2) is 0 Å². The van der Waals surface area contributed by atoms with Gasteiger partial charge in [-0.05, 0) is 24.6 Å². The Labute approximate surface area is 106 Å². The van der Waals surface area contributed by atoms with Crippen molar-refractivity contribution < 1.29 is 9.59 Å². The highest BCUT2D eigenvalue weighted by molar-refractivity contribution is 5.95. The van der Waals surface area contributed by atoms with Gasteiger partial charge in [0, 0.05) is 17.8 Å². The third kappa shape index (κ3) is 3.91. The minimum absolute atomic E-state index is 0.0846. The molecule has 0 heterocycles. The number of carbonyl (C=O) groups is 2. The topological polar surface area (TPSA) is 82.0 Å². The van der Waals surface area contributed by atoms with Crippen molar-refractivity contribution in [2.75, 3.05) is 10.6 Å². The van der Waals surface area contributed by atoms with Gasteiger partial charge in [0.05, 0.1) is 6.07 Å². The van der Waals surface area contributed by atoms with Gasteiger partial charge < -0.3 is 10.6 Å². The summed E-state index contributed by atoms with van der Waals surface area (Å²) in [6.07, 6.45) is 0.203. The minimum atomic E-state index is -0.367. The van der Waals surface area contributed by atoms with Crippen LogP contribution >= 0.6 is 0 Å². The van der Waals surface area contributed by atoms with Gasteiger partial charge in [0.1, 0.15) is 6.42 Å². The van der Waals surface area contributed by atoms with E-state index in [9.17, 15) is 9.59 Å². The molecular weight excluding hydrogens is 230 g/mol. The van der Waals surface area contributed by atoms with Crippen molar-refractivity contribution in [3.8, 4) is 6.07 Å². The summed E-state index contributed by atoms with van der Waals surface area (Å²) >= 11 is 0. The number of nitrogens with zero attached hydrogens (tertiary/aromatic N) is 1. The second-order valence-corrected chi connectivity index (χ2v) is 3.81. The van der Waals surface area contributed by atoms with E-state index < -0.39 is 0 Å². The molecule has 2 amide bonds. The lowest BCUT2D eigenvalue weighted by atomic mass is 10.1. The predicted molar refractivity (Wildman–Crippen MR) is 69.0 cm³/mol. The zero-order valence-electron chi connectivity index (χ0n) is 10.4. The van der Waals surface area contributed by atoms with Crippen LogP contribution in [0.2, 0.25) is 0 Å². The van der Waals surface area contributed by atoms with Crippen LogP contribution in [-0.2, 0) is 9.59 Å². The summed E-state index contributed by atoms with van der Waals surface area (Å²) < 4.78 is 0. The predicted octanol–water partition coefficient (Wildman–Crippen LogP) is 2.20. The third-order valence-corrected chi connectivity index (χ3v) is 2.36. The molecule has 1 rings (SSSR count). The molecule has 0 unspecified atom stereocenters. The van der Waals surface area contributed by atoms with E-state index in [1.807, 2.05) is 6.92 Å². The highest BCUT2D eigenvalue weighted by atomic mass is 16.2. The Kier molecular flexibility index (Phi) is 4.88. The van der Waals surface area contributed by atoms with E-state index in [-0.39, 0.29) is 18.2 Å². The molecule has 2 N–H and O–H groups in total. The third-order valence-electron chi connectivity index (χ3n) is 2.36. The fourth-order valence-corrected chi connectivity index (χ4v) is 1.35. The van der Waals surface area contributed by atoms with Crippen molar-refractivity contribution in [3.63, 3.8) is 0 Å². The van der Waals surface area contributed by atoms with Gasteiger partial charge in [-0.1, -0.05) is 13.0 Å². The van der Waals surface area contributed by atoms with Crippen LogP contribution in [0.25, 0.3) is 0 Å². The Morgan fingerprint density at radius 3 is 2.61 bits per heavy atom. The number of amides is 2. The molecule has 0 aliphatic heterocycles. The average Bonchev–Trinajstić information content (AvgIpc) is 2.33. The Bertz CT molecular complexity index is 503. The van der Waals surface area contributed by atoms with Gasteiger partial charge in [0.15, 0.2) is 0 Å². The van der Waals surface area contributed by atoms with Gasteiger partial charge in [-0.3, -0.25) is 9.59 Å². The van der Waals surface area contributed by atoms with E-state index >= 15 is 0 Å². The van der Waals surface area contributed by atoms with E-state index in [1.165, 1.54) is 0 Å². The molecule has 1 aromatic carbocycles. The summed E-state index contributed by atoms with van der Waals surface area (Å²) in [5.41, 5.74) is 2.14. The molecule has 5 nitrogen and oxygen atoms in total. The van der Waals surface area contributed by atoms with Gasteiger partial charge in [-0.2, -0.15) is 5.26 Å². The molecule has 0 spiro atoms. The molecule has 94 valence electrons. The summed E-state index contributed by atoms with van der Waals surface area (Å²) in [5, 5.41) is 13.7. The van der Waals surface area contributed by atoms with E-state index in [1.54, 1.807) is 31.2 Å². The van der Waals surface area contributed by atoms with Crippen molar-refractivity contribution >= 4 is 23.2 Å². The number of anilines is 2. The van der Waals surface area contributed by atoms with Crippen LogP contribution in [0, 0.1) is 18.3 Å². The standard InChI is InChI=1S/C13H15N3O2/c1-3-12(17)16-11-8-10(5-4-9(11)2)15-13(18)6-7-14/h4-5,8H,3,6H2,1-2H3,(H,15,18)(H,16,17). The maximum atomic E-state index is 11.3. The number of hydrogen-bond donors (Lipinski definition) is 2. The molecular formula is C13H15N3O2. The molecule has 0 fully saturated rings. The minimum Gasteiger partial charge on any atom is -0.326 e. The molecule has 0 saturated carbocycles. The summed E-state index contributed by atoms with van der Waals surface area (Å²) in [6, 6.07) is 6.98. The number of nitrogens with one attached hydrogen (secondary N) is 2. The van der Waals surface area contributed by atoms with Gasteiger partial charge >= 0.3 is 0 Å². The first-order valence-corrected chi connectivity index (χ1v) is 5.64. The van der Waals surface area contributed by atoms with Gasteiger partial charge in [-0.15, -0.1) is 0 Å². The number of aryl methyl sites for hydroxylation is 1. The van der Waals surface area contributed by atoms with Crippen molar-refractivity contribution in [2.45, 2.75) is 26.7 Å². The summed E-state index contributed by atoms with van der Waals surface area (Å²) in [4.78, 5) is 22.6. The van der Waals surface area contributed by atoms with Crippen LogP contribution in [0.1, 0.15) is 25.3 Å². The second kappa shape index (κ2) is 6.40. The smallest absolute Gasteiger partial charge is 0.238 e. The van der Waals surface area contributed by atoms with E-state index in [0.717, 1.165) is 5.56 Å². The molecule has 1 aromatic rings. The first kappa shape index (κ1) is 13.7. The SMILES string of the molecule is CCC(=O)Nc1cc(NC(=O)CC#N)ccc1C. The number of benzene rings is 1. The zero-order valence-corrected chi connectivity index (χ0v) is 10.4. The molecule has 5 heteroatoms. The van der Waals surface area contributed by atoms with Crippen LogP contribution in [0.4, 0.5) is 11.4 Å². The Morgan fingerprint density at radius 1 is 1.28 bits per heavy atom. The highest BCUT2D eigenvalue weighted by Crippen LogP contribution is 2.20. The van der Waals surface area contributed by atoms with Crippen LogP contribution < -0.4 is 10.6 Å². The number of hydrogen-bond acceptors (Lipinski definition) is 3. The zero-order chi connectivity index (χ0) is 13.5. The maximum absolute atomic E-state index is 11.3. The normalized spacial score (nSPS) is 9.39. The number of rotatable bonds is 4. The Hall–Kier alpha value is -2.35. The maximum Gasteiger partial charge on any atom is 0.238 e. The molecule has 0 aliphatic carbocycles. The average molecular weight is 245 g/mol.